The summed E-state index contributed by atoms with van der Waals surface area (Å²) in [6, 6.07) is 8.62. The Morgan fingerprint density at radius 2 is 2.18 bits per heavy atom. The molecule has 0 bridgehead atoms. The van der Waals surface area contributed by atoms with Crippen molar-refractivity contribution in [2.75, 3.05) is 18.1 Å². The molecule has 1 aliphatic rings. The summed E-state index contributed by atoms with van der Waals surface area (Å²) in [5, 5.41) is 3.40. The lowest BCUT2D eigenvalue weighted by molar-refractivity contribution is -0.118. The molecule has 1 heterocycles. The Kier molecular flexibility index (Phi) is 4.63. The number of aryl methyl sites for hydroxylation is 1. The predicted octanol–water partition coefficient (Wildman–Crippen LogP) is 2.20. The van der Waals surface area contributed by atoms with Crippen molar-refractivity contribution < 1.29 is 4.79 Å². The number of carbonyl (C=O) groups is 1. The Balaban J connectivity index is 1.82. The third kappa shape index (κ3) is 4.17. The number of rotatable bonds is 4. The van der Waals surface area contributed by atoms with Crippen LogP contribution >= 0.6 is 11.8 Å². The molecule has 2 nitrogen and oxygen atoms in total. The fourth-order valence-corrected chi connectivity index (χ4v) is 2.98. The smallest absolute Gasteiger partial charge is 0.138 e. The highest BCUT2D eigenvalue weighted by Gasteiger charge is 2.16. The zero-order valence-electron chi connectivity index (χ0n) is 10.2. The molecule has 17 heavy (non-hydrogen) atoms. The molecule has 92 valence electrons. The Hall–Kier alpha value is -0.800. The van der Waals surface area contributed by atoms with Gasteiger partial charge in [-0.1, -0.05) is 29.8 Å². The molecule has 0 aromatic heterocycles. The number of carbonyl (C=O) groups excluding carboxylic acids is 1. The van der Waals surface area contributed by atoms with Gasteiger partial charge >= 0.3 is 0 Å². The molecule has 1 aromatic rings. The molecule has 1 saturated heterocycles. The maximum absolute atomic E-state index is 11.9. The van der Waals surface area contributed by atoms with Gasteiger partial charge in [0.25, 0.3) is 0 Å². The molecule has 1 N–H and O–H groups in total. The quantitative estimate of drug-likeness (QED) is 0.887. The number of benzene rings is 1. The molecule has 0 amide bonds. The molecule has 2 rings (SSSR count). The minimum Gasteiger partial charge on any atom is -0.312 e. The summed E-state index contributed by atoms with van der Waals surface area (Å²) < 4.78 is 0. The summed E-state index contributed by atoms with van der Waals surface area (Å²) in [6.45, 7) is 3.10. The maximum Gasteiger partial charge on any atom is 0.138 e. The van der Waals surface area contributed by atoms with Gasteiger partial charge in [-0.15, -0.1) is 0 Å². The molecule has 3 heteroatoms. The van der Waals surface area contributed by atoms with Gasteiger partial charge in [0.15, 0.2) is 0 Å². The van der Waals surface area contributed by atoms with Crippen LogP contribution in [0.2, 0.25) is 0 Å². The van der Waals surface area contributed by atoms with Crippen LogP contribution in [0.3, 0.4) is 0 Å². The van der Waals surface area contributed by atoms with E-state index in [2.05, 4.69) is 36.5 Å². The molecule has 0 aliphatic carbocycles. The SMILES string of the molecule is Cc1ccc(CC(=O)CC2CSCCN2)cc1. The first kappa shape index (κ1) is 12.7. The van der Waals surface area contributed by atoms with Crippen LogP contribution in [0, 0.1) is 6.92 Å². The van der Waals surface area contributed by atoms with Crippen molar-refractivity contribution in [1.82, 2.24) is 5.32 Å². The first-order valence-electron chi connectivity index (χ1n) is 6.12. The largest absolute Gasteiger partial charge is 0.312 e. The first-order valence-corrected chi connectivity index (χ1v) is 7.28. The van der Waals surface area contributed by atoms with Crippen LogP contribution in [0.25, 0.3) is 0 Å². The van der Waals surface area contributed by atoms with E-state index in [1.165, 1.54) is 11.3 Å². The van der Waals surface area contributed by atoms with Crippen molar-refractivity contribution >= 4 is 17.5 Å². The topological polar surface area (TPSA) is 29.1 Å². The molecular weight excluding hydrogens is 230 g/mol. The monoisotopic (exact) mass is 249 g/mol. The van der Waals surface area contributed by atoms with Crippen LogP contribution in [-0.2, 0) is 11.2 Å². The van der Waals surface area contributed by atoms with E-state index < -0.39 is 0 Å². The molecule has 1 aliphatic heterocycles. The van der Waals surface area contributed by atoms with E-state index in [1.807, 2.05) is 11.8 Å². The van der Waals surface area contributed by atoms with E-state index in [0.717, 1.165) is 17.9 Å². The summed E-state index contributed by atoms with van der Waals surface area (Å²) >= 11 is 1.94. The number of nitrogens with one attached hydrogen (secondary N) is 1. The predicted molar refractivity (Wildman–Crippen MR) is 73.6 cm³/mol. The molecule has 1 fully saturated rings. The van der Waals surface area contributed by atoms with Crippen molar-refractivity contribution in [3.63, 3.8) is 0 Å². The average Bonchev–Trinajstić information content (AvgIpc) is 2.33. The summed E-state index contributed by atoms with van der Waals surface area (Å²) in [6.07, 6.45) is 1.24. The third-order valence-electron chi connectivity index (χ3n) is 2.99. The van der Waals surface area contributed by atoms with Gasteiger partial charge in [0, 0.05) is 36.9 Å². The van der Waals surface area contributed by atoms with E-state index in [9.17, 15) is 4.79 Å². The van der Waals surface area contributed by atoms with Crippen LogP contribution in [0.5, 0.6) is 0 Å². The van der Waals surface area contributed by atoms with Crippen LogP contribution in [0.4, 0.5) is 0 Å². The molecule has 0 radical (unpaired) electrons. The van der Waals surface area contributed by atoms with Gasteiger partial charge in [-0.25, -0.2) is 0 Å². The lowest BCUT2D eigenvalue weighted by Crippen LogP contribution is -2.39. The molecule has 1 unspecified atom stereocenters. The van der Waals surface area contributed by atoms with Crippen molar-refractivity contribution in [3.05, 3.63) is 35.4 Å². The van der Waals surface area contributed by atoms with Crippen molar-refractivity contribution in [1.29, 1.82) is 0 Å². The van der Waals surface area contributed by atoms with Crippen molar-refractivity contribution in [3.8, 4) is 0 Å². The van der Waals surface area contributed by atoms with Gasteiger partial charge in [0.1, 0.15) is 5.78 Å². The normalized spacial score (nSPS) is 20.2. The molecule has 0 spiro atoms. The summed E-state index contributed by atoms with van der Waals surface area (Å²) in [5.74, 6) is 2.58. The Bertz CT molecular complexity index is 368. The highest BCUT2D eigenvalue weighted by atomic mass is 32.2. The second-order valence-electron chi connectivity index (χ2n) is 4.63. The Labute approximate surface area is 107 Å². The van der Waals surface area contributed by atoms with Gasteiger partial charge in [-0.05, 0) is 12.5 Å². The molecule has 1 atom stereocenters. The third-order valence-corrected chi connectivity index (χ3v) is 4.13. The lowest BCUT2D eigenvalue weighted by atomic mass is 10.0. The van der Waals surface area contributed by atoms with Gasteiger partial charge in [0.05, 0.1) is 0 Å². The van der Waals surface area contributed by atoms with Crippen LogP contribution in [0.15, 0.2) is 24.3 Å². The standard InChI is InChI=1S/C14H19NOS/c1-11-2-4-12(5-3-11)8-14(16)9-13-10-17-7-6-15-13/h2-5,13,15H,6-10H2,1H3. The summed E-state index contributed by atoms with van der Waals surface area (Å²) in [5.41, 5.74) is 2.37. The van der Waals surface area contributed by atoms with Crippen LogP contribution in [-0.4, -0.2) is 29.9 Å². The van der Waals surface area contributed by atoms with Gasteiger partial charge in [-0.2, -0.15) is 11.8 Å². The highest BCUT2D eigenvalue weighted by Crippen LogP contribution is 2.12. The van der Waals surface area contributed by atoms with Crippen molar-refractivity contribution in [2.24, 2.45) is 0 Å². The second kappa shape index (κ2) is 6.22. The zero-order chi connectivity index (χ0) is 12.1. The Morgan fingerprint density at radius 1 is 1.41 bits per heavy atom. The maximum atomic E-state index is 11.9. The lowest BCUT2D eigenvalue weighted by Gasteiger charge is -2.22. The van der Waals surface area contributed by atoms with E-state index in [1.54, 1.807) is 0 Å². The summed E-state index contributed by atoms with van der Waals surface area (Å²) in [7, 11) is 0. The van der Waals surface area contributed by atoms with E-state index in [0.29, 0.717) is 24.7 Å². The fourth-order valence-electron chi connectivity index (χ4n) is 2.03. The van der Waals surface area contributed by atoms with Gasteiger partial charge in [0.2, 0.25) is 0 Å². The van der Waals surface area contributed by atoms with Gasteiger partial charge in [-0.3, -0.25) is 4.79 Å². The molecule has 0 saturated carbocycles. The fraction of sp³-hybridized carbons (Fsp3) is 0.500. The average molecular weight is 249 g/mol. The van der Waals surface area contributed by atoms with E-state index in [-0.39, 0.29) is 0 Å². The van der Waals surface area contributed by atoms with Gasteiger partial charge < -0.3 is 5.32 Å². The summed E-state index contributed by atoms with van der Waals surface area (Å²) in [4.78, 5) is 11.9. The molecular formula is C14H19NOS. The zero-order valence-corrected chi connectivity index (χ0v) is 11.1. The van der Waals surface area contributed by atoms with E-state index >= 15 is 0 Å². The number of ketones is 1. The molecule has 1 aromatic carbocycles. The van der Waals surface area contributed by atoms with Crippen LogP contribution < -0.4 is 5.32 Å². The number of hydrogen-bond donors (Lipinski definition) is 1. The minimum absolute atomic E-state index is 0.342. The first-order chi connectivity index (χ1) is 8.24. The van der Waals surface area contributed by atoms with Crippen molar-refractivity contribution in [2.45, 2.75) is 25.8 Å². The number of hydrogen-bond acceptors (Lipinski definition) is 3. The number of thioether (sulfide) groups is 1. The second-order valence-corrected chi connectivity index (χ2v) is 5.78. The Morgan fingerprint density at radius 3 is 2.82 bits per heavy atom. The number of Topliss-reactive ketones (excluding diaryl/α,β-unsaturated/α-hetero) is 1. The highest BCUT2D eigenvalue weighted by molar-refractivity contribution is 7.99. The van der Waals surface area contributed by atoms with Crippen LogP contribution in [0.1, 0.15) is 17.5 Å². The van der Waals surface area contributed by atoms with E-state index in [4.69, 9.17) is 0 Å². The minimum atomic E-state index is 0.342.